The molecular weight excluding hydrogens is 424 g/mol. The van der Waals surface area contributed by atoms with E-state index in [1.807, 2.05) is 6.92 Å². The number of carbonyl (C=O) groups is 1. The van der Waals surface area contributed by atoms with Gasteiger partial charge in [-0.25, -0.2) is 18.4 Å². The molecule has 1 aromatic heterocycles. The zero-order valence-corrected chi connectivity index (χ0v) is 18.1. The summed E-state index contributed by atoms with van der Waals surface area (Å²) in [5.74, 6) is -0.464. The van der Waals surface area contributed by atoms with Gasteiger partial charge in [0, 0.05) is 29.5 Å². The molecule has 0 radical (unpaired) electrons. The van der Waals surface area contributed by atoms with Crippen LogP contribution in [-0.2, 0) is 21.4 Å². The molecule has 3 aromatic rings. The van der Waals surface area contributed by atoms with Gasteiger partial charge in [-0.05, 0) is 43.7 Å². The number of carbonyl (C=O) groups excluding carboxylic acids is 1. The zero-order valence-electron chi connectivity index (χ0n) is 16.5. The molecule has 1 amide bonds. The van der Waals surface area contributed by atoms with Crippen LogP contribution in [0.4, 0.5) is 5.69 Å². The van der Waals surface area contributed by atoms with Crippen molar-refractivity contribution in [3.8, 4) is 0 Å². The molecule has 0 aliphatic carbocycles. The summed E-state index contributed by atoms with van der Waals surface area (Å²) in [5.41, 5.74) is 2.56. The van der Waals surface area contributed by atoms with Gasteiger partial charge in [-0.3, -0.25) is 9.10 Å². The van der Waals surface area contributed by atoms with Crippen LogP contribution in [-0.4, -0.2) is 30.8 Å². The predicted octanol–water partition coefficient (Wildman–Crippen LogP) is 3.26. The van der Waals surface area contributed by atoms with Crippen molar-refractivity contribution >= 4 is 33.2 Å². The Morgan fingerprint density at radius 3 is 2.40 bits per heavy atom. The fourth-order valence-corrected chi connectivity index (χ4v) is 4.46. The van der Waals surface area contributed by atoms with Crippen LogP contribution >= 0.6 is 11.6 Å². The van der Waals surface area contributed by atoms with E-state index in [4.69, 9.17) is 11.6 Å². The Kier molecular flexibility index (Phi) is 6.69. The van der Waals surface area contributed by atoms with Crippen molar-refractivity contribution in [3.63, 3.8) is 0 Å². The van der Waals surface area contributed by atoms with Gasteiger partial charge in [0.25, 0.3) is 10.0 Å². The zero-order chi connectivity index (χ0) is 21.7. The lowest BCUT2D eigenvalue weighted by atomic mass is 10.2. The lowest BCUT2D eigenvalue weighted by Gasteiger charge is -2.26. The number of aromatic nitrogens is 2. The first-order chi connectivity index (χ1) is 14.3. The van der Waals surface area contributed by atoms with Crippen LogP contribution in [0.5, 0.6) is 0 Å². The van der Waals surface area contributed by atoms with Gasteiger partial charge < -0.3 is 5.32 Å². The van der Waals surface area contributed by atoms with E-state index in [0.29, 0.717) is 21.8 Å². The van der Waals surface area contributed by atoms with E-state index in [-0.39, 0.29) is 11.4 Å². The molecule has 1 N–H and O–H groups in total. The van der Waals surface area contributed by atoms with Crippen molar-refractivity contribution in [2.75, 3.05) is 10.8 Å². The summed E-state index contributed by atoms with van der Waals surface area (Å²) in [4.78, 5) is 20.5. The molecule has 0 saturated heterocycles. The number of rotatable bonds is 7. The van der Waals surface area contributed by atoms with Gasteiger partial charge in [0.2, 0.25) is 5.91 Å². The average Bonchev–Trinajstić information content (AvgIpc) is 2.74. The van der Waals surface area contributed by atoms with Gasteiger partial charge in [0.1, 0.15) is 12.9 Å². The summed E-state index contributed by atoms with van der Waals surface area (Å²) in [6.45, 7) is 3.38. The Balaban J connectivity index is 1.92. The first-order valence-corrected chi connectivity index (χ1v) is 11.0. The maximum atomic E-state index is 13.4. The van der Waals surface area contributed by atoms with Crippen LogP contribution in [0, 0.1) is 13.8 Å². The normalized spacial score (nSPS) is 11.2. The highest BCUT2D eigenvalue weighted by Gasteiger charge is 2.28. The molecule has 2 aromatic carbocycles. The van der Waals surface area contributed by atoms with Crippen LogP contribution in [0.1, 0.15) is 16.7 Å². The van der Waals surface area contributed by atoms with Crippen LogP contribution in [0.15, 0.2) is 66.1 Å². The number of sulfonamides is 1. The standard InChI is InChI=1S/C21H21ClN4O3S/c1-15-6-8-18(9-7-15)30(28,29)26(20-5-3-4-19(22)16(20)2)13-21(27)25-12-17-10-23-14-24-11-17/h3-11,14H,12-13H2,1-2H3,(H,25,27). The first-order valence-electron chi connectivity index (χ1n) is 9.14. The minimum atomic E-state index is -4.00. The summed E-state index contributed by atoms with van der Waals surface area (Å²) in [5, 5.41) is 3.12. The summed E-state index contributed by atoms with van der Waals surface area (Å²) >= 11 is 6.22. The van der Waals surface area contributed by atoms with Crippen LogP contribution in [0.2, 0.25) is 5.02 Å². The maximum Gasteiger partial charge on any atom is 0.264 e. The summed E-state index contributed by atoms with van der Waals surface area (Å²) < 4.78 is 27.9. The molecule has 7 nitrogen and oxygen atoms in total. The molecule has 1 heterocycles. The highest BCUT2D eigenvalue weighted by molar-refractivity contribution is 7.92. The van der Waals surface area contributed by atoms with Gasteiger partial charge in [-0.15, -0.1) is 0 Å². The molecule has 0 fully saturated rings. The highest BCUT2D eigenvalue weighted by Crippen LogP contribution is 2.30. The van der Waals surface area contributed by atoms with Crippen LogP contribution in [0.25, 0.3) is 0 Å². The van der Waals surface area contributed by atoms with E-state index in [1.165, 1.54) is 18.5 Å². The Morgan fingerprint density at radius 1 is 1.07 bits per heavy atom. The third-order valence-corrected chi connectivity index (χ3v) is 6.69. The fraction of sp³-hybridized carbons (Fsp3) is 0.190. The van der Waals surface area contributed by atoms with Crippen molar-refractivity contribution in [2.45, 2.75) is 25.3 Å². The molecule has 156 valence electrons. The molecule has 3 rings (SSSR count). The fourth-order valence-electron chi connectivity index (χ4n) is 2.81. The van der Waals surface area contributed by atoms with Crippen LogP contribution < -0.4 is 9.62 Å². The van der Waals surface area contributed by atoms with E-state index < -0.39 is 22.5 Å². The van der Waals surface area contributed by atoms with Crippen molar-refractivity contribution in [1.29, 1.82) is 0 Å². The second-order valence-corrected chi connectivity index (χ2v) is 9.00. The molecule has 0 aliphatic rings. The van der Waals surface area contributed by atoms with E-state index >= 15 is 0 Å². The van der Waals surface area contributed by atoms with Crippen LogP contribution in [0.3, 0.4) is 0 Å². The SMILES string of the molecule is Cc1ccc(S(=O)(=O)N(CC(=O)NCc2cncnc2)c2cccc(Cl)c2C)cc1. The lowest BCUT2D eigenvalue weighted by molar-refractivity contribution is -0.119. The molecule has 30 heavy (non-hydrogen) atoms. The largest absolute Gasteiger partial charge is 0.350 e. The minimum Gasteiger partial charge on any atom is -0.350 e. The lowest BCUT2D eigenvalue weighted by Crippen LogP contribution is -2.41. The second-order valence-electron chi connectivity index (χ2n) is 6.73. The molecule has 0 saturated carbocycles. The van der Waals surface area contributed by atoms with Crippen molar-refractivity contribution in [3.05, 3.63) is 82.9 Å². The molecule has 9 heteroatoms. The maximum absolute atomic E-state index is 13.4. The smallest absolute Gasteiger partial charge is 0.264 e. The van der Waals surface area contributed by atoms with E-state index in [0.717, 1.165) is 9.87 Å². The topological polar surface area (TPSA) is 92.3 Å². The monoisotopic (exact) mass is 444 g/mol. The predicted molar refractivity (Wildman–Crippen MR) is 116 cm³/mol. The number of aryl methyl sites for hydroxylation is 1. The van der Waals surface area contributed by atoms with E-state index in [2.05, 4.69) is 15.3 Å². The van der Waals surface area contributed by atoms with E-state index in [9.17, 15) is 13.2 Å². The molecule has 0 aliphatic heterocycles. The van der Waals surface area contributed by atoms with E-state index in [1.54, 1.807) is 49.6 Å². The van der Waals surface area contributed by atoms with Gasteiger partial charge in [-0.1, -0.05) is 35.4 Å². The number of halogens is 1. The third kappa shape index (κ3) is 4.95. The van der Waals surface area contributed by atoms with Gasteiger partial charge in [-0.2, -0.15) is 0 Å². The molecule has 0 bridgehead atoms. The number of nitrogens with one attached hydrogen (secondary N) is 1. The number of nitrogens with zero attached hydrogens (tertiary/aromatic N) is 3. The number of hydrogen-bond acceptors (Lipinski definition) is 5. The summed E-state index contributed by atoms with van der Waals surface area (Å²) in [6, 6.07) is 11.4. The Hall–Kier alpha value is -2.97. The van der Waals surface area contributed by atoms with Gasteiger partial charge >= 0.3 is 0 Å². The summed E-state index contributed by atoms with van der Waals surface area (Å²) in [6.07, 6.45) is 4.55. The third-order valence-electron chi connectivity index (χ3n) is 4.51. The molecule has 0 unspecified atom stereocenters. The molecule has 0 atom stereocenters. The number of hydrogen-bond donors (Lipinski definition) is 1. The highest BCUT2D eigenvalue weighted by atomic mass is 35.5. The number of amides is 1. The quantitative estimate of drug-likeness (QED) is 0.603. The van der Waals surface area contributed by atoms with Gasteiger partial charge in [0.05, 0.1) is 10.6 Å². The first kappa shape index (κ1) is 21.7. The average molecular weight is 445 g/mol. The second kappa shape index (κ2) is 9.23. The Labute approximate surface area is 180 Å². The Morgan fingerprint density at radius 2 is 1.73 bits per heavy atom. The van der Waals surface area contributed by atoms with Crippen molar-refractivity contribution in [2.24, 2.45) is 0 Å². The minimum absolute atomic E-state index is 0.0942. The number of benzene rings is 2. The van der Waals surface area contributed by atoms with Gasteiger partial charge in [0.15, 0.2) is 0 Å². The van der Waals surface area contributed by atoms with Crippen molar-refractivity contribution in [1.82, 2.24) is 15.3 Å². The summed E-state index contributed by atoms with van der Waals surface area (Å²) in [7, 11) is -4.00. The molecule has 0 spiro atoms. The van der Waals surface area contributed by atoms with Crippen molar-refractivity contribution < 1.29 is 13.2 Å². The number of anilines is 1. The Bertz CT molecular complexity index is 1140. The molecular formula is C21H21ClN4O3S.